The van der Waals surface area contributed by atoms with Crippen LogP contribution in [0.2, 0.25) is 10.0 Å². The molecule has 1 aromatic heterocycles. The molecular formula is C34H29Br2Cl2N3O4. The smallest absolute Gasteiger partial charge is 0.282 e. The molecule has 4 aromatic carbocycles. The molecule has 0 unspecified atom stereocenters. The third-order valence-electron chi connectivity index (χ3n) is 7.27. The maximum absolute atomic E-state index is 13.9. The Kier molecular flexibility index (Phi) is 10.2. The van der Waals surface area contributed by atoms with Crippen LogP contribution >= 0.6 is 55.1 Å². The van der Waals surface area contributed by atoms with E-state index in [2.05, 4.69) is 50.8 Å². The number of ether oxygens (including phenoxy) is 3. The average Bonchev–Trinajstić information content (AvgIpc) is 3.02. The highest BCUT2D eigenvalue weighted by molar-refractivity contribution is 9.13. The number of benzene rings is 4. The van der Waals surface area contributed by atoms with E-state index in [9.17, 15) is 4.79 Å². The normalized spacial score (nSPS) is 11.5. The number of aromatic nitrogens is 2. The van der Waals surface area contributed by atoms with Crippen molar-refractivity contribution in [2.24, 2.45) is 5.10 Å². The first kappa shape index (κ1) is 33.0. The second-order valence-electron chi connectivity index (χ2n) is 10.5. The van der Waals surface area contributed by atoms with Crippen molar-refractivity contribution in [1.82, 2.24) is 9.66 Å². The third kappa shape index (κ3) is 6.77. The molecule has 0 fully saturated rings. The number of hydrogen-bond donors (Lipinski definition) is 0. The number of fused-ring (bicyclic) bond motifs is 1. The van der Waals surface area contributed by atoms with E-state index >= 15 is 0 Å². The monoisotopic (exact) mass is 771 g/mol. The Bertz CT molecular complexity index is 2010. The largest absolute Gasteiger partial charge is 0.496 e. The molecule has 0 aliphatic rings. The molecule has 0 N–H and O–H groups in total. The summed E-state index contributed by atoms with van der Waals surface area (Å²) in [6.07, 6.45) is 1.58. The van der Waals surface area contributed by atoms with Crippen molar-refractivity contribution in [2.45, 2.75) is 33.3 Å². The Morgan fingerprint density at radius 1 is 0.978 bits per heavy atom. The number of para-hydroxylation sites is 1. The zero-order valence-electron chi connectivity index (χ0n) is 25.1. The molecular weight excluding hydrogens is 745 g/mol. The molecule has 0 saturated carbocycles. The molecule has 0 bridgehead atoms. The summed E-state index contributed by atoms with van der Waals surface area (Å²) in [5, 5.41) is 6.18. The first-order chi connectivity index (χ1) is 21.5. The third-order valence-corrected chi connectivity index (χ3v) is 10.00. The van der Waals surface area contributed by atoms with E-state index in [0.29, 0.717) is 52.8 Å². The minimum atomic E-state index is -0.296. The number of methoxy groups -OCH3 is 2. The highest BCUT2D eigenvalue weighted by Gasteiger charge is 2.20. The summed E-state index contributed by atoms with van der Waals surface area (Å²) in [5.74, 6) is 2.30. The van der Waals surface area contributed by atoms with Gasteiger partial charge < -0.3 is 14.2 Å². The maximum atomic E-state index is 13.9. The van der Waals surface area contributed by atoms with Gasteiger partial charge in [0, 0.05) is 31.2 Å². The summed E-state index contributed by atoms with van der Waals surface area (Å²) >= 11 is 19.7. The van der Waals surface area contributed by atoms with Crippen LogP contribution in [0.15, 0.2) is 79.5 Å². The molecule has 0 aliphatic carbocycles. The summed E-state index contributed by atoms with van der Waals surface area (Å²) < 4.78 is 20.0. The van der Waals surface area contributed by atoms with E-state index in [1.54, 1.807) is 44.7 Å². The molecule has 0 radical (unpaired) electrons. The van der Waals surface area contributed by atoms with Crippen molar-refractivity contribution in [3.63, 3.8) is 0 Å². The zero-order valence-corrected chi connectivity index (χ0v) is 29.8. The molecule has 5 rings (SSSR count). The van der Waals surface area contributed by atoms with E-state index in [1.807, 2.05) is 43.3 Å². The van der Waals surface area contributed by atoms with Crippen molar-refractivity contribution in [3.8, 4) is 28.6 Å². The number of aryl methyl sites for hydroxylation is 1. The van der Waals surface area contributed by atoms with Gasteiger partial charge in [-0.15, -0.1) is 0 Å². The van der Waals surface area contributed by atoms with E-state index in [-0.39, 0.29) is 18.1 Å². The Morgan fingerprint density at radius 2 is 1.71 bits per heavy atom. The van der Waals surface area contributed by atoms with Crippen molar-refractivity contribution in [2.75, 3.05) is 14.2 Å². The minimum Gasteiger partial charge on any atom is -0.496 e. The lowest BCUT2D eigenvalue weighted by atomic mass is 9.96. The van der Waals surface area contributed by atoms with E-state index in [4.69, 9.17) is 42.4 Å². The SMILES string of the molecule is COc1cc(C)c(-c2nc3ccccc3c(=O)n2N=Cc2cc(OC)c(OCc3ccc(Cl)cc3Cl)c(Br)c2Br)cc1C(C)C. The predicted molar refractivity (Wildman–Crippen MR) is 189 cm³/mol. The molecule has 11 heteroatoms. The van der Waals surface area contributed by atoms with Crippen LogP contribution in [0.25, 0.3) is 22.3 Å². The van der Waals surface area contributed by atoms with Crippen LogP contribution in [0, 0.1) is 6.92 Å². The van der Waals surface area contributed by atoms with Crippen LogP contribution < -0.4 is 19.8 Å². The van der Waals surface area contributed by atoms with Crippen molar-refractivity contribution < 1.29 is 14.2 Å². The summed E-state index contributed by atoms with van der Waals surface area (Å²) in [5.41, 5.74) is 4.37. The van der Waals surface area contributed by atoms with Gasteiger partial charge in [-0.1, -0.05) is 55.2 Å². The summed E-state index contributed by atoms with van der Waals surface area (Å²) in [6.45, 7) is 6.34. The van der Waals surface area contributed by atoms with E-state index in [0.717, 1.165) is 28.0 Å². The maximum Gasteiger partial charge on any atom is 0.282 e. The second-order valence-corrected chi connectivity index (χ2v) is 13.0. The second kappa shape index (κ2) is 14.0. The van der Waals surface area contributed by atoms with E-state index in [1.165, 1.54) is 4.68 Å². The standard InChI is InChI=1S/C34H29Br2Cl2N3O4/c1-18(2)24-15-25(19(3)12-28(24)43-4)33-40-27-9-7-6-8-23(27)34(42)41(33)39-16-21-13-29(44-5)32(31(36)30(21)35)45-17-20-10-11-22(37)14-26(20)38/h6-16,18H,17H2,1-5H3. The molecule has 45 heavy (non-hydrogen) atoms. The molecule has 1 heterocycles. The molecule has 0 saturated heterocycles. The van der Waals surface area contributed by atoms with Gasteiger partial charge in [0.05, 0.1) is 35.8 Å². The Balaban J connectivity index is 1.61. The van der Waals surface area contributed by atoms with Crippen LogP contribution in [-0.4, -0.2) is 30.1 Å². The number of halogens is 4. The van der Waals surface area contributed by atoms with Crippen LogP contribution in [-0.2, 0) is 6.61 Å². The quantitative estimate of drug-likeness (QED) is 0.140. The van der Waals surface area contributed by atoms with Gasteiger partial charge in [0.1, 0.15) is 12.4 Å². The summed E-state index contributed by atoms with van der Waals surface area (Å²) in [4.78, 5) is 18.8. The van der Waals surface area contributed by atoms with Crippen LogP contribution in [0.3, 0.4) is 0 Å². The van der Waals surface area contributed by atoms with Crippen LogP contribution in [0.1, 0.15) is 42.0 Å². The zero-order chi connectivity index (χ0) is 32.4. The Hall–Kier alpha value is -3.37. The van der Waals surface area contributed by atoms with Crippen LogP contribution in [0.4, 0.5) is 0 Å². The number of nitrogens with zero attached hydrogens (tertiary/aromatic N) is 3. The van der Waals surface area contributed by atoms with Gasteiger partial charge in [0.15, 0.2) is 17.3 Å². The topological polar surface area (TPSA) is 74.9 Å². The van der Waals surface area contributed by atoms with Gasteiger partial charge in [0.25, 0.3) is 5.56 Å². The van der Waals surface area contributed by atoms with Gasteiger partial charge in [0.2, 0.25) is 0 Å². The fourth-order valence-corrected chi connectivity index (χ4v) is 6.26. The summed E-state index contributed by atoms with van der Waals surface area (Å²) in [6, 6.07) is 18.2. The molecule has 0 atom stereocenters. The Morgan fingerprint density at radius 3 is 2.40 bits per heavy atom. The van der Waals surface area contributed by atoms with Crippen molar-refractivity contribution >= 4 is 72.2 Å². The van der Waals surface area contributed by atoms with Gasteiger partial charge in [-0.05, 0) is 98.3 Å². The molecule has 0 amide bonds. The molecule has 0 spiro atoms. The highest BCUT2D eigenvalue weighted by Crippen LogP contribution is 2.43. The fraction of sp³-hybridized carbons (Fsp3) is 0.206. The molecule has 5 aromatic rings. The molecule has 7 nitrogen and oxygen atoms in total. The highest BCUT2D eigenvalue weighted by atomic mass is 79.9. The lowest BCUT2D eigenvalue weighted by Gasteiger charge is -2.18. The van der Waals surface area contributed by atoms with Gasteiger partial charge >= 0.3 is 0 Å². The van der Waals surface area contributed by atoms with Crippen LogP contribution in [0.5, 0.6) is 17.2 Å². The first-order valence-electron chi connectivity index (χ1n) is 13.9. The molecule has 232 valence electrons. The first-order valence-corrected chi connectivity index (χ1v) is 16.3. The molecule has 0 aliphatic heterocycles. The fourth-order valence-electron chi connectivity index (χ4n) is 4.87. The Labute approximate surface area is 288 Å². The van der Waals surface area contributed by atoms with Gasteiger partial charge in [-0.25, -0.2) is 4.98 Å². The van der Waals surface area contributed by atoms with Crippen molar-refractivity contribution in [3.05, 3.63) is 112 Å². The number of hydrogen-bond acceptors (Lipinski definition) is 6. The average molecular weight is 774 g/mol. The summed E-state index contributed by atoms with van der Waals surface area (Å²) in [7, 11) is 3.20. The lowest BCUT2D eigenvalue weighted by molar-refractivity contribution is 0.282. The predicted octanol–water partition coefficient (Wildman–Crippen LogP) is 9.81. The minimum absolute atomic E-state index is 0.181. The van der Waals surface area contributed by atoms with E-state index < -0.39 is 0 Å². The number of rotatable bonds is 9. The van der Waals surface area contributed by atoms with Gasteiger partial charge in [-0.3, -0.25) is 4.79 Å². The lowest BCUT2D eigenvalue weighted by Crippen LogP contribution is -2.21. The van der Waals surface area contributed by atoms with Gasteiger partial charge in [-0.2, -0.15) is 9.78 Å². The van der Waals surface area contributed by atoms with Crippen molar-refractivity contribution in [1.29, 1.82) is 0 Å².